The maximum Gasteiger partial charge on any atom is 0.221 e. The van der Waals surface area contributed by atoms with E-state index < -0.39 is 5.82 Å². The van der Waals surface area contributed by atoms with Crippen molar-refractivity contribution in [3.05, 3.63) is 77.3 Å². The summed E-state index contributed by atoms with van der Waals surface area (Å²) in [6, 6.07) is 14.2. The van der Waals surface area contributed by atoms with Gasteiger partial charge in [-0.2, -0.15) is 4.98 Å². The van der Waals surface area contributed by atoms with E-state index in [2.05, 4.69) is 9.97 Å². The van der Waals surface area contributed by atoms with E-state index in [0.717, 1.165) is 16.5 Å². The highest BCUT2D eigenvalue weighted by atomic mass is 35.5. The fourth-order valence-electron chi connectivity index (χ4n) is 2.81. The van der Waals surface area contributed by atoms with Crippen LogP contribution < -0.4 is 10.5 Å². The molecule has 0 fully saturated rings. The smallest absolute Gasteiger partial charge is 0.221 e. The summed E-state index contributed by atoms with van der Waals surface area (Å²) in [4.78, 5) is 8.16. The van der Waals surface area contributed by atoms with Crippen molar-refractivity contribution in [2.45, 2.75) is 6.61 Å². The maximum atomic E-state index is 14.0. The number of anilines is 1. The van der Waals surface area contributed by atoms with Crippen molar-refractivity contribution in [3.63, 3.8) is 0 Å². The molecule has 2 N–H and O–H groups in total. The largest absolute Gasteiger partial charge is 0.486 e. The molecule has 0 saturated heterocycles. The van der Waals surface area contributed by atoms with Crippen LogP contribution in [-0.4, -0.2) is 14.5 Å². The van der Waals surface area contributed by atoms with Crippen LogP contribution in [0.15, 0.2) is 60.9 Å². The predicted molar refractivity (Wildman–Crippen MR) is 99.0 cm³/mol. The Labute approximate surface area is 153 Å². The number of benzene rings is 2. The molecule has 0 atom stereocenters. The number of hydrogen-bond donors (Lipinski definition) is 1. The summed E-state index contributed by atoms with van der Waals surface area (Å²) in [6.07, 6.45) is 3.51. The molecule has 0 spiro atoms. The molecule has 2 heterocycles. The van der Waals surface area contributed by atoms with E-state index in [1.807, 2.05) is 35.0 Å². The fraction of sp³-hybridized carbons (Fsp3) is 0.0526. The predicted octanol–water partition coefficient (Wildman–Crippen LogP) is 4.37. The van der Waals surface area contributed by atoms with E-state index in [9.17, 15) is 4.39 Å². The third-order valence-corrected chi connectivity index (χ3v) is 4.32. The minimum Gasteiger partial charge on any atom is -0.486 e. The lowest BCUT2D eigenvalue weighted by Crippen LogP contribution is -2.01. The third-order valence-electron chi connectivity index (χ3n) is 4.03. The summed E-state index contributed by atoms with van der Waals surface area (Å²) in [5.74, 6) is 0.444. The van der Waals surface area contributed by atoms with E-state index in [4.69, 9.17) is 22.1 Å². The van der Waals surface area contributed by atoms with Gasteiger partial charge in [-0.3, -0.25) is 0 Å². The Hall–Kier alpha value is -3.12. The lowest BCUT2D eigenvalue weighted by atomic mass is 10.1. The highest BCUT2D eigenvalue weighted by Crippen LogP contribution is 2.27. The van der Waals surface area contributed by atoms with Crippen LogP contribution >= 0.6 is 11.6 Å². The maximum absolute atomic E-state index is 14.0. The molecule has 0 unspecified atom stereocenters. The standard InChI is InChI=1S/C19H14ClFN4O/c20-14-4-2-6-16(18(14)21)26-11-12-3-1-5-15-13(12)8-10-25(15)17-7-9-23-19(22)24-17/h1-10H,11H2,(H2,22,23,24). The Morgan fingerprint density at radius 3 is 2.81 bits per heavy atom. The molecular weight excluding hydrogens is 355 g/mol. The summed E-state index contributed by atoms with van der Waals surface area (Å²) in [5, 5.41) is 1.01. The number of hydrogen-bond acceptors (Lipinski definition) is 4. The first-order chi connectivity index (χ1) is 12.6. The summed E-state index contributed by atoms with van der Waals surface area (Å²) < 4.78 is 21.5. The first-order valence-electron chi connectivity index (χ1n) is 7.88. The highest BCUT2D eigenvalue weighted by Gasteiger charge is 2.11. The zero-order valence-electron chi connectivity index (χ0n) is 13.6. The molecule has 26 heavy (non-hydrogen) atoms. The molecule has 130 valence electrons. The molecule has 4 rings (SSSR count). The molecular formula is C19H14ClFN4O. The minimum absolute atomic E-state index is 0.0354. The summed E-state index contributed by atoms with van der Waals surface area (Å²) in [5.41, 5.74) is 7.53. The lowest BCUT2D eigenvalue weighted by Gasteiger charge is -2.10. The topological polar surface area (TPSA) is 66.0 Å². The van der Waals surface area contributed by atoms with Gasteiger partial charge in [-0.15, -0.1) is 0 Å². The van der Waals surface area contributed by atoms with Gasteiger partial charge in [-0.05, 0) is 35.9 Å². The molecule has 2 aromatic heterocycles. The van der Waals surface area contributed by atoms with Crippen LogP contribution in [-0.2, 0) is 6.61 Å². The van der Waals surface area contributed by atoms with Crippen LogP contribution in [0, 0.1) is 5.82 Å². The number of nitrogens with two attached hydrogens (primary N) is 1. The quantitative estimate of drug-likeness (QED) is 0.580. The Balaban J connectivity index is 1.68. The zero-order chi connectivity index (χ0) is 18.1. The molecule has 0 aliphatic rings. The van der Waals surface area contributed by atoms with Crippen LogP contribution in [0.1, 0.15) is 5.56 Å². The van der Waals surface area contributed by atoms with Crippen LogP contribution in [0.4, 0.5) is 10.3 Å². The highest BCUT2D eigenvalue weighted by molar-refractivity contribution is 6.30. The van der Waals surface area contributed by atoms with Gasteiger partial charge in [0, 0.05) is 17.8 Å². The van der Waals surface area contributed by atoms with Crippen molar-refractivity contribution < 1.29 is 9.13 Å². The molecule has 5 nitrogen and oxygen atoms in total. The monoisotopic (exact) mass is 368 g/mol. The number of rotatable bonds is 4. The Bertz CT molecular complexity index is 1100. The van der Waals surface area contributed by atoms with E-state index in [-0.39, 0.29) is 23.3 Å². The van der Waals surface area contributed by atoms with E-state index in [1.165, 1.54) is 6.07 Å². The number of nitrogens with zero attached hydrogens (tertiary/aromatic N) is 3. The molecule has 4 aromatic rings. The molecule has 2 aromatic carbocycles. The van der Waals surface area contributed by atoms with Crippen molar-refractivity contribution in [2.75, 3.05) is 5.73 Å². The van der Waals surface area contributed by atoms with Gasteiger partial charge >= 0.3 is 0 Å². The Morgan fingerprint density at radius 1 is 1.12 bits per heavy atom. The fourth-order valence-corrected chi connectivity index (χ4v) is 2.97. The summed E-state index contributed by atoms with van der Waals surface area (Å²) in [6.45, 7) is 0.213. The number of ether oxygens (including phenoxy) is 1. The van der Waals surface area contributed by atoms with Gasteiger partial charge in [0.2, 0.25) is 5.95 Å². The van der Waals surface area contributed by atoms with Crippen LogP contribution in [0.2, 0.25) is 5.02 Å². The van der Waals surface area contributed by atoms with Crippen molar-refractivity contribution in [2.24, 2.45) is 0 Å². The zero-order valence-corrected chi connectivity index (χ0v) is 14.3. The minimum atomic E-state index is -0.560. The van der Waals surface area contributed by atoms with Gasteiger partial charge in [0.1, 0.15) is 12.4 Å². The second-order valence-corrected chi connectivity index (χ2v) is 6.06. The van der Waals surface area contributed by atoms with E-state index >= 15 is 0 Å². The first-order valence-corrected chi connectivity index (χ1v) is 8.26. The Kier molecular flexibility index (Phi) is 4.18. The molecule has 0 saturated carbocycles. The van der Waals surface area contributed by atoms with Gasteiger partial charge in [-0.1, -0.05) is 29.8 Å². The van der Waals surface area contributed by atoms with Crippen LogP contribution in [0.25, 0.3) is 16.7 Å². The van der Waals surface area contributed by atoms with Gasteiger partial charge in [0.25, 0.3) is 0 Å². The normalized spacial score (nSPS) is 11.0. The number of halogens is 2. The number of nitrogen functional groups attached to an aromatic ring is 1. The second-order valence-electron chi connectivity index (χ2n) is 5.65. The molecule has 0 aliphatic heterocycles. The summed E-state index contributed by atoms with van der Waals surface area (Å²) >= 11 is 5.79. The van der Waals surface area contributed by atoms with Crippen molar-refractivity contribution in [3.8, 4) is 11.6 Å². The van der Waals surface area contributed by atoms with Crippen LogP contribution in [0.5, 0.6) is 5.75 Å². The second kappa shape index (κ2) is 6.65. The van der Waals surface area contributed by atoms with Crippen LogP contribution in [0.3, 0.4) is 0 Å². The SMILES string of the molecule is Nc1nccc(-n2ccc3c(COc4cccc(Cl)c4F)cccc32)n1. The van der Waals surface area contributed by atoms with Crippen molar-refractivity contribution in [1.29, 1.82) is 0 Å². The van der Waals surface area contributed by atoms with Crippen molar-refractivity contribution >= 4 is 28.5 Å². The van der Waals surface area contributed by atoms with Gasteiger partial charge in [0.15, 0.2) is 11.6 Å². The van der Waals surface area contributed by atoms with Crippen molar-refractivity contribution in [1.82, 2.24) is 14.5 Å². The van der Waals surface area contributed by atoms with Gasteiger partial charge < -0.3 is 15.0 Å². The average molecular weight is 369 g/mol. The molecule has 7 heteroatoms. The molecule has 0 amide bonds. The number of fused-ring (bicyclic) bond motifs is 1. The molecule has 0 aliphatic carbocycles. The van der Waals surface area contributed by atoms with Gasteiger partial charge in [0.05, 0.1) is 10.5 Å². The molecule has 0 radical (unpaired) electrons. The average Bonchev–Trinajstić information content (AvgIpc) is 3.08. The first kappa shape index (κ1) is 16.4. The van der Waals surface area contributed by atoms with E-state index in [0.29, 0.717) is 5.82 Å². The number of aromatic nitrogens is 3. The summed E-state index contributed by atoms with van der Waals surface area (Å²) in [7, 11) is 0. The van der Waals surface area contributed by atoms with Gasteiger partial charge in [-0.25, -0.2) is 9.37 Å². The lowest BCUT2D eigenvalue weighted by molar-refractivity contribution is 0.291. The Morgan fingerprint density at radius 2 is 1.96 bits per heavy atom. The third kappa shape index (κ3) is 2.95. The molecule has 0 bridgehead atoms. The van der Waals surface area contributed by atoms with E-state index in [1.54, 1.807) is 24.4 Å².